The molecule has 1 N–H and O–H groups in total. The molecule has 0 aliphatic carbocycles. The Morgan fingerprint density at radius 3 is 2.63 bits per heavy atom. The van der Waals surface area contributed by atoms with Crippen molar-refractivity contribution in [2.24, 2.45) is 0 Å². The monoisotopic (exact) mass is 408 g/mol. The summed E-state index contributed by atoms with van der Waals surface area (Å²) in [6.45, 7) is -0.664. The van der Waals surface area contributed by atoms with E-state index in [4.69, 9.17) is 16.3 Å². The second-order valence-corrected chi connectivity index (χ2v) is 6.59. The van der Waals surface area contributed by atoms with Gasteiger partial charge in [0.25, 0.3) is 5.91 Å². The Bertz CT molecular complexity index is 993. The highest BCUT2D eigenvalue weighted by molar-refractivity contribution is 7.13. The van der Waals surface area contributed by atoms with Crippen LogP contribution in [-0.2, 0) is 9.53 Å². The molecule has 5 nitrogen and oxygen atoms in total. The molecule has 0 aliphatic rings. The number of benzene rings is 2. The lowest BCUT2D eigenvalue weighted by Crippen LogP contribution is -2.21. The number of carbonyl (C=O) groups excluding carboxylic acids is 2. The van der Waals surface area contributed by atoms with Gasteiger partial charge >= 0.3 is 5.97 Å². The molecule has 0 atom stereocenters. The number of carbonyl (C=O) groups is 2. The zero-order valence-corrected chi connectivity index (χ0v) is 15.1. The Kier molecular flexibility index (Phi) is 5.78. The van der Waals surface area contributed by atoms with Crippen molar-refractivity contribution in [1.29, 1.82) is 0 Å². The minimum absolute atomic E-state index is 0.0367. The second-order valence-electron chi connectivity index (χ2n) is 5.29. The van der Waals surface area contributed by atoms with Crippen LogP contribution in [0, 0.1) is 11.6 Å². The van der Waals surface area contributed by atoms with Gasteiger partial charge in [0, 0.05) is 22.0 Å². The van der Waals surface area contributed by atoms with E-state index in [0.29, 0.717) is 10.0 Å². The van der Waals surface area contributed by atoms with Crippen LogP contribution in [0.3, 0.4) is 0 Å². The van der Waals surface area contributed by atoms with E-state index in [2.05, 4.69) is 10.3 Å². The summed E-state index contributed by atoms with van der Waals surface area (Å²) in [6, 6.07) is 9.55. The summed E-state index contributed by atoms with van der Waals surface area (Å²) in [5.74, 6) is -3.12. The molecule has 0 saturated heterocycles. The molecule has 0 saturated carbocycles. The average Bonchev–Trinajstić information content (AvgIpc) is 3.13. The van der Waals surface area contributed by atoms with Gasteiger partial charge in [-0.2, -0.15) is 0 Å². The van der Waals surface area contributed by atoms with Gasteiger partial charge in [0.05, 0.1) is 5.69 Å². The summed E-state index contributed by atoms with van der Waals surface area (Å²) >= 11 is 7.06. The Labute approximate surface area is 161 Å². The predicted molar refractivity (Wildman–Crippen MR) is 97.8 cm³/mol. The molecule has 1 amide bonds. The van der Waals surface area contributed by atoms with E-state index < -0.39 is 30.1 Å². The fourth-order valence-electron chi connectivity index (χ4n) is 2.08. The molecule has 1 heterocycles. The standard InChI is InChI=1S/C18H11ClF2N2O3S/c19-11-3-1-10(2-4-11)17-23-15(9-27-17)18(25)26-8-16(24)22-14-7-12(20)5-6-13(14)21/h1-7,9H,8H2,(H,22,24). The number of anilines is 1. The number of nitrogens with one attached hydrogen (secondary N) is 1. The first-order valence-electron chi connectivity index (χ1n) is 7.56. The maximum atomic E-state index is 13.5. The zero-order valence-electron chi connectivity index (χ0n) is 13.5. The van der Waals surface area contributed by atoms with Crippen molar-refractivity contribution in [3.8, 4) is 10.6 Å². The average molecular weight is 409 g/mol. The molecule has 2 aromatic carbocycles. The Morgan fingerprint density at radius 2 is 1.89 bits per heavy atom. The lowest BCUT2D eigenvalue weighted by atomic mass is 10.2. The summed E-state index contributed by atoms with van der Waals surface area (Å²) in [7, 11) is 0. The molecule has 0 unspecified atom stereocenters. The third-order valence-corrected chi connectivity index (χ3v) is 4.48. The molecule has 9 heteroatoms. The maximum absolute atomic E-state index is 13.5. The highest BCUT2D eigenvalue weighted by Gasteiger charge is 2.16. The number of halogens is 3. The SMILES string of the molecule is O=C(COC(=O)c1csc(-c2ccc(Cl)cc2)n1)Nc1cc(F)ccc1F. The smallest absolute Gasteiger partial charge is 0.358 e. The van der Waals surface area contributed by atoms with Crippen LogP contribution in [-0.4, -0.2) is 23.5 Å². The van der Waals surface area contributed by atoms with E-state index in [1.807, 2.05) is 0 Å². The number of amides is 1. The van der Waals surface area contributed by atoms with Crippen molar-refractivity contribution in [2.45, 2.75) is 0 Å². The van der Waals surface area contributed by atoms with Crippen molar-refractivity contribution >= 4 is 40.5 Å². The van der Waals surface area contributed by atoms with Gasteiger partial charge < -0.3 is 10.1 Å². The van der Waals surface area contributed by atoms with Crippen LogP contribution in [0.4, 0.5) is 14.5 Å². The van der Waals surface area contributed by atoms with Crippen LogP contribution in [0.1, 0.15) is 10.5 Å². The lowest BCUT2D eigenvalue weighted by Gasteiger charge is -2.06. The van der Waals surface area contributed by atoms with Crippen LogP contribution in [0.5, 0.6) is 0 Å². The van der Waals surface area contributed by atoms with Crippen LogP contribution in [0.2, 0.25) is 5.02 Å². The lowest BCUT2D eigenvalue weighted by molar-refractivity contribution is -0.119. The third kappa shape index (κ3) is 4.87. The fourth-order valence-corrected chi connectivity index (χ4v) is 3.00. The van der Waals surface area contributed by atoms with E-state index in [0.717, 1.165) is 23.8 Å². The molecule has 0 spiro atoms. The first-order chi connectivity index (χ1) is 12.9. The van der Waals surface area contributed by atoms with Gasteiger partial charge in [0.2, 0.25) is 0 Å². The first-order valence-corrected chi connectivity index (χ1v) is 8.81. The Morgan fingerprint density at radius 1 is 1.15 bits per heavy atom. The molecule has 138 valence electrons. The molecule has 0 aliphatic heterocycles. The molecule has 0 bridgehead atoms. The van der Waals surface area contributed by atoms with Crippen molar-refractivity contribution < 1.29 is 23.1 Å². The number of rotatable bonds is 5. The van der Waals surface area contributed by atoms with Crippen LogP contribution in [0.15, 0.2) is 47.8 Å². The third-order valence-electron chi connectivity index (χ3n) is 3.34. The number of ether oxygens (including phenoxy) is 1. The van der Waals surface area contributed by atoms with Gasteiger partial charge in [0.1, 0.15) is 16.6 Å². The van der Waals surface area contributed by atoms with E-state index in [-0.39, 0.29) is 11.4 Å². The minimum atomic E-state index is -0.805. The molecule has 1 aromatic heterocycles. The normalized spacial score (nSPS) is 10.5. The van der Waals surface area contributed by atoms with Crippen LogP contribution in [0.25, 0.3) is 10.6 Å². The van der Waals surface area contributed by atoms with Gasteiger partial charge in [-0.3, -0.25) is 4.79 Å². The van der Waals surface area contributed by atoms with Crippen molar-refractivity contribution in [3.63, 3.8) is 0 Å². The fraction of sp³-hybridized carbons (Fsp3) is 0.0556. The minimum Gasteiger partial charge on any atom is -0.451 e. The number of hydrogen-bond donors (Lipinski definition) is 1. The summed E-state index contributed by atoms with van der Waals surface area (Å²) in [5, 5.41) is 4.80. The second kappa shape index (κ2) is 8.24. The Balaban J connectivity index is 1.58. The molecule has 0 radical (unpaired) electrons. The summed E-state index contributed by atoms with van der Waals surface area (Å²) in [4.78, 5) is 27.9. The number of aromatic nitrogens is 1. The topological polar surface area (TPSA) is 68.3 Å². The number of esters is 1. The van der Waals surface area contributed by atoms with E-state index >= 15 is 0 Å². The van der Waals surface area contributed by atoms with E-state index in [9.17, 15) is 18.4 Å². The van der Waals surface area contributed by atoms with Crippen molar-refractivity contribution in [1.82, 2.24) is 4.98 Å². The maximum Gasteiger partial charge on any atom is 0.358 e. The molecular weight excluding hydrogens is 398 g/mol. The number of nitrogens with zero attached hydrogens (tertiary/aromatic N) is 1. The molecule has 27 heavy (non-hydrogen) atoms. The molecule has 0 fully saturated rings. The molecule has 3 rings (SSSR count). The van der Waals surface area contributed by atoms with Crippen LogP contribution < -0.4 is 5.32 Å². The summed E-state index contributed by atoms with van der Waals surface area (Å²) in [5.41, 5.74) is 0.479. The van der Waals surface area contributed by atoms with E-state index in [1.165, 1.54) is 16.7 Å². The highest BCUT2D eigenvalue weighted by atomic mass is 35.5. The van der Waals surface area contributed by atoms with Crippen molar-refractivity contribution in [2.75, 3.05) is 11.9 Å². The first kappa shape index (κ1) is 18.9. The predicted octanol–water partition coefficient (Wildman–Crippen LogP) is 4.54. The number of hydrogen-bond acceptors (Lipinski definition) is 5. The molecule has 3 aromatic rings. The summed E-state index contributed by atoms with van der Waals surface area (Å²) < 4.78 is 31.4. The van der Waals surface area contributed by atoms with Gasteiger partial charge in [-0.05, 0) is 24.3 Å². The van der Waals surface area contributed by atoms with Crippen LogP contribution >= 0.6 is 22.9 Å². The quantitative estimate of drug-likeness (QED) is 0.629. The van der Waals surface area contributed by atoms with Gasteiger partial charge in [-0.1, -0.05) is 23.7 Å². The van der Waals surface area contributed by atoms with Gasteiger partial charge in [-0.25, -0.2) is 18.6 Å². The summed E-state index contributed by atoms with van der Waals surface area (Å²) in [6.07, 6.45) is 0. The molecular formula is C18H11ClF2N2O3S. The highest BCUT2D eigenvalue weighted by Crippen LogP contribution is 2.25. The van der Waals surface area contributed by atoms with Gasteiger partial charge in [-0.15, -0.1) is 11.3 Å². The number of thiazole rings is 1. The van der Waals surface area contributed by atoms with Gasteiger partial charge in [0.15, 0.2) is 12.3 Å². The Hall–Kier alpha value is -2.84. The largest absolute Gasteiger partial charge is 0.451 e. The van der Waals surface area contributed by atoms with E-state index in [1.54, 1.807) is 24.3 Å². The van der Waals surface area contributed by atoms with Crippen molar-refractivity contribution in [3.05, 3.63) is 70.2 Å². The zero-order chi connectivity index (χ0) is 19.4.